The second-order valence-corrected chi connectivity index (χ2v) is 6.07. The number of aliphatic hydroxyl groups excluding tert-OH is 1. The monoisotopic (exact) mass is 293 g/mol. The van der Waals surface area contributed by atoms with Crippen LogP contribution in [0.25, 0.3) is 10.8 Å². The Labute approximate surface area is 122 Å². The summed E-state index contributed by atoms with van der Waals surface area (Å²) in [7, 11) is 0. The van der Waals surface area contributed by atoms with Gasteiger partial charge in [0.2, 0.25) is 0 Å². The van der Waals surface area contributed by atoms with E-state index in [1.165, 1.54) is 12.8 Å². The summed E-state index contributed by atoms with van der Waals surface area (Å²) >= 11 is 1.61. The molecule has 2 aromatic rings. The van der Waals surface area contributed by atoms with Crippen LogP contribution in [0.1, 0.15) is 31.5 Å². The van der Waals surface area contributed by atoms with Gasteiger partial charge in [0.25, 0.3) is 5.89 Å². The smallest absolute Gasteiger partial charge is 0.268 e. The van der Waals surface area contributed by atoms with Gasteiger partial charge in [-0.3, -0.25) is 4.90 Å². The summed E-state index contributed by atoms with van der Waals surface area (Å²) in [6.07, 6.45) is 4.33. The highest BCUT2D eigenvalue weighted by Crippen LogP contribution is 2.25. The number of rotatable bonds is 6. The fourth-order valence-electron chi connectivity index (χ4n) is 2.76. The molecule has 1 fully saturated rings. The molecule has 1 aliphatic heterocycles. The summed E-state index contributed by atoms with van der Waals surface area (Å²) in [5.41, 5.74) is 0. The van der Waals surface area contributed by atoms with Crippen LogP contribution < -0.4 is 0 Å². The van der Waals surface area contributed by atoms with E-state index in [0.29, 0.717) is 11.9 Å². The summed E-state index contributed by atoms with van der Waals surface area (Å²) in [5.74, 6) is 1.37. The van der Waals surface area contributed by atoms with Crippen molar-refractivity contribution in [3.63, 3.8) is 0 Å². The average Bonchev–Trinajstić information content (AvgIpc) is 3.18. The number of aliphatic hydroxyl groups is 1. The van der Waals surface area contributed by atoms with Gasteiger partial charge in [-0.2, -0.15) is 4.98 Å². The van der Waals surface area contributed by atoms with E-state index in [2.05, 4.69) is 15.0 Å². The molecular formula is C14H19N3O2S. The van der Waals surface area contributed by atoms with Gasteiger partial charge in [-0.05, 0) is 43.7 Å². The lowest BCUT2D eigenvalue weighted by Crippen LogP contribution is -2.29. The minimum Gasteiger partial charge on any atom is -0.396 e. The predicted octanol–water partition coefficient (Wildman–Crippen LogP) is 2.54. The number of nitrogens with zero attached hydrogens (tertiary/aromatic N) is 3. The highest BCUT2D eigenvalue weighted by atomic mass is 32.1. The first kappa shape index (κ1) is 13.7. The first-order chi connectivity index (χ1) is 9.86. The Morgan fingerprint density at radius 3 is 3.25 bits per heavy atom. The first-order valence-electron chi connectivity index (χ1n) is 7.08. The van der Waals surface area contributed by atoms with Crippen LogP contribution in [-0.4, -0.2) is 39.3 Å². The lowest BCUT2D eigenvalue weighted by atomic mass is 10.1. The van der Waals surface area contributed by atoms with Crippen LogP contribution in [0.5, 0.6) is 0 Å². The van der Waals surface area contributed by atoms with Crippen molar-refractivity contribution in [3.05, 3.63) is 23.3 Å². The minimum atomic E-state index is 0.273. The van der Waals surface area contributed by atoms with Crippen molar-refractivity contribution in [3.8, 4) is 10.8 Å². The molecule has 0 radical (unpaired) electrons. The Morgan fingerprint density at radius 1 is 1.50 bits per heavy atom. The highest BCUT2D eigenvalue weighted by Gasteiger charge is 2.25. The molecule has 0 saturated carbocycles. The second-order valence-electron chi connectivity index (χ2n) is 5.13. The van der Waals surface area contributed by atoms with E-state index in [9.17, 15) is 0 Å². The zero-order chi connectivity index (χ0) is 13.8. The first-order valence-corrected chi connectivity index (χ1v) is 7.96. The molecule has 1 saturated heterocycles. The molecule has 5 nitrogen and oxygen atoms in total. The van der Waals surface area contributed by atoms with Crippen molar-refractivity contribution < 1.29 is 9.63 Å². The third-order valence-electron chi connectivity index (χ3n) is 3.74. The van der Waals surface area contributed by atoms with E-state index in [-0.39, 0.29) is 6.61 Å². The van der Waals surface area contributed by atoms with Crippen LogP contribution in [0.2, 0.25) is 0 Å². The number of hydrogen-bond donors (Lipinski definition) is 1. The predicted molar refractivity (Wildman–Crippen MR) is 77.4 cm³/mol. The van der Waals surface area contributed by atoms with Crippen molar-refractivity contribution in [1.82, 2.24) is 15.0 Å². The summed E-state index contributed by atoms with van der Waals surface area (Å²) in [4.78, 5) is 7.89. The Bertz CT molecular complexity index is 526. The maximum absolute atomic E-state index is 8.95. The van der Waals surface area contributed by atoms with Crippen LogP contribution in [0.15, 0.2) is 22.0 Å². The number of likely N-dealkylation sites (tertiary alicyclic amines) is 1. The maximum Gasteiger partial charge on any atom is 0.268 e. The fourth-order valence-corrected chi connectivity index (χ4v) is 3.40. The molecule has 0 bridgehead atoms. The van der Waals surface area contributed by atoms with Gasteiger partial charge in [0, 0.05) is 12.6 Å². The number of thiophene rings is 1. The molecule has 2 aromatic heterocycles. The van der Waals surface area contributed by atoms with E-state index in [0.717, 1.165) is 36.6 Å². The SMILES string of the molecule is OCCCC1CCCN1Cc1noc(-c2cccs2)n1. The largest absolute Gasteiger partial charge is 0.396 e. The van der Waals surface area contributed by atoms with Crippen molar-refractivity contribution in [2.45, 2.75) is 38.3 Å². The maximum atomic E-state index is 8.95. The van der Waals surface area contributed by atoms with E-state index >= 15 is 0 Å². The van der Waals surface area contributed by atoms with Crippen molar-refractivity contribution in [1.29, 1.82) is 0 Å². The van der Waals surface area contributed by atoms with E-state index < -0.39 is 0 Å². The molecule has 0 aromatic carbocycles. The minimum absolute atomic E-state index is 0.273. The second kappa shape index (κ2) is 6.47. The quantitative estimate of drug-likeness (QED) is 0.886. The Morgan fingerprint density at radius 2 is 2.45 bits per heavy atom. The number of hydrogen-bond acceptors (Lipinski definition) is 6. The van der Waals surface area contributed by atoms with Gasteiger partial charge in [-0.15, -0.1) is 11.3 Å². The topological polar surface area (TPSA) is 62.4 Å². The Balaban J connectivity index is 1.62. The van der Waals surface area contributed by atoms with E-state index in [1.54, 1.807) is 11.3 Å². The normalized spacial score (nSPS) is 19.8. The molecule has 0 spiro atoms. The van der Waals surface area contributed by atoms with Crippen molar-refractivity contribution in [2.75, 3.05) is 13.2 Å². The third kappa shape index (κ3) is 3.08. The molecule has 20 heavy (non-hydrogen) atoms. The van der Waals surface area contributed by atoms with Gasteiger partial charge in [0.1, 0.15) is 0 Å². The molecule has 3 heterocycles. The van der Waals surface area contributed by atoms with E-state index in [1.807, 2.05) is 17.5 Å². The van der Waals surface area contributed by atoms with Gasteiger partial charge in [-0.25, -0.2) is 0 Å². The summed E-state index contributed by atoms with van der Waals surface area (Å²) in [5, 5.41) is 15.0. The molecule has 1 N–H and O–H groups in total. The number of aromatic nitrogens is 2. The molecule has 108 valence electrons. The van der Waals surface area contributed by atoms with Gasteiger partial charge in [0.05, 0.1) is 11.4 Å². The molecule has 6 heteroatoms. The van der Waals surface area contributed by atoms with Gasteiger partial charge >= 0.3 is 0 Å². The lowest BCUT2D eigenvalue weighted by molar-refractivity contribution is 0.204. The van der Waals surface area contributed by atoms with Crippen LogP contribution in [0, 0.1) is 0 Å². The van der Waals surface area contributed by atoms with Crippen LogP contribution in [0.4, 0.5) is 0 Å². The zero-order valence-electron chi connectivity index (χ0n) is 11.4. The lowest BCUT2D eigenvalue weighted by Gasteiger charge is -2.22. The third-order valence-corrected chi connectivity index (χ3v) is 4.60. The molecule has 1 aliphatic rings. The Kier molecular flexibility index (Phi) is 4.44. The fraction of sp³-hybridized carbons (Fsp3) is 0.571. The average molecular weight is 293 g/mol. The molecular weight excluding hydrogens is 274 g/mol. The standard InChI is InChI=1S/C14H19N3O2S/c18-8-2-5-11-4-1-7-17(11)10-13-15-14(19-16-13)12-6-3-9-20-12/h3,6,9,11,18H,1-2,4-5,7-8,10H2. The zero-order valence-corrected chi connectivity index (χ0v) is 12.2. The van der Waals surface area contributed by atoms with Crippen LogP contribution >= 0.6 is 11.3 Å². The summed E-state index contributed by atoms with van der Waals surface area (Å²) in [6, 6.07) is 4.52. The van der Waals surface area contributed by atoms with Gasteiger partial charge in [0.15, 0.2) is 5.82 Å². The Hall–Kier alpha value is -1.24. The molecule has 1 unspecified atom stereocenters. The molecule has 0 amide bonds. The highest BCUT2D eigenvalue weighted by molar-refractivity contribution is 7.13. The molecule has 3 rings (SSSR count). The molecule has 1 atom stereocenters. The van der Waals surface area contributed by atoms with E-state index in [4.69, 9.17) is 9.63 Å². The van der Waals surface area contributed by atoms with Crippen LogP contribution in [0.3, 0.4) is 0 Å². The van der Waals surface area contributed by atoms with Crippen LogP contribution in [-0.2, 0) is 6.54 Å². The van der Waals surface area contributed by atoms with Crippen molar-refractivity contribution in [2.24, 2.45) is 0 Å². The van der Waals surface area contributed by atoms with Gasteiger partial charge < -0.3 is 9.63 Å². The van der Waals surface area contributed by atoms with Crippen molar-refractivity contribution >= 4 is 11.3 Å². The van der Waals surface area contributed by atoms with Gasteiger partial charge in [-0.1, -0.05) is 11.2 Å². The summed E-state index contributed by atoms with van der Waals surface area (Å²) < 4.78 is 5.32. The summed E-state index contributed by atoms with van der Waals surface area (Å²) in [6.45, 7) is 2.10. The molecule has 0 aliphatic carbocycles.